The molecule has 1 aliphatic heterocycles. The van der Waals surface area contributed by atoms with Crippen molar-refractivity contribution in [3.63, 3.8) is 0 Å². The highest BCUT2D eigenvalue weighted by Gasteiger charge is 2.26. The second-order valence-corrected chi connectivity index (χ2v) is 8.39. The van der Waals surface area contributed by atoms with Crippen LogP contribution in [-0.4, -0.2) is 61.4 Å². The van der Waals surface area contributed by atoms with Gasteiger partial charge in [-0.15, -0.1) is 0 Å². The van der Waals surface area contributed by atoms with Gasteiger partial charge in [0.1, 0.15) is 0 Å². The topological polar surface area (TPSA) is 90.5 Å². The zero-order chi connectivity index (χ0) is 21.6. The maximum Gasteiger partial charge on any atom is 0.315 e. The lowest BCUT2D eigenvalue weighted by Gasteiger charge is -2.14. The summed E-state index contributed by atoms with van der Waals surface area (Å²) in [6, 6.07) is 0.315. The highest BCUT2D eigenvalue weighted by Crippen LogP contribution is 2.11. The van der Waals surface area contributed by atoms with Gasteiger partial charge in [0.05, 0.1) is 6.04 Å². The summed E-state index contributed by atoms with van der Waals surface area (Å²) >= 11 is 0. The molecular formula is C22H40N4O3. The van der Waals surface area contributed by atoms with E-state index in [2.05, 4.69) is 20.9 Å². The Labute approximate surface area is 176 Å². The number of carbonyl (C=O) groups is 3. The van der Waals surface area contributed by atoms with Gasteiger partial charge in [0.15, 0.2) is 5.78 Å². The summed E-state index contributed by atoms with van der Waals surface area (Å²) in [6.07, 6.45) is 10.00. The zero-order valence-electron chi connectivity index (χ0n) is 18.6. The molecule has 7 nitrogen and oxygen atoms in total. The first-order chi connectivity index (χ1) is 13.8. The van der Waals surface area contributed by atoms with Crippen LogP contribution < -0.4 is 16.0 Å². The van der Waals surface area contributed by atoms with E-state index in [1.54, 1.807) is 6.08 Å². The van der Waals surface area contributed by atoms with Crippen molar-refractivity contribution >= 4 is 17.7 Å². The summed E-state index contributed by atoms with van der Waals surface area (Å²) in [4.78, 5) is 36.8. The number of urea groups is 1. The molecule has 2 unspecified atom stereocenters. The van der Waals surface area contributed by atoms with Crippen molar-refractivity contribution in [2.75, 3.05) is 26.7 Å². The average Bonchev–Trinajstić information content (AvgIpc) is 2.98. The standard InChI is InChI=1S/C22H40N4O3/c1-17(2)20(27)12-10-16-26(4)15-9-8-14-23-21(28)13-7-5-6-11-19-18(3)24-22(29)25-19/h10,12,17-19H,5-9,11,13-16H2,1-4H3,(H,23,28)(H2,24,25,29)/b12-10+. The molecule has 0 aromatic rings. The molecule has 1 rings (SSSR count). The molecule has 0 spiro atoms. The van der Waals surface area contributed by atoms with E-state index in [4.69, 9.17) is 0 Å². The third kappa shape index (κ3) is 11.6. The van der Waals surface area contributed by atoms with Gasteiger partial charge in [0, 0.05) is 31.5 Å². The second-order valence-electron chi connectivity index (χ2n) is 8.39. The minimum Gasteiger partial charge on any atom is -0.356 e. The minimum atomic E-state index is -0.0780. The predicted octanol–water partition coefficient (Wildman–Crippen LogP) is 2.62. The van der Waals surface area contributed by atoms with Gasteiger partial charge in [-0.1, -0.05) is 32.8 Å². The van der Waals surface area contributed by atoms with Gasteiger partial charge in [0.2, 0.25) is 5.91 Å². The fourth-order valence-electron chi connectivity index (χ4n) is 3.25. The fraction of sp³-hybridized carbons (Fsp3) is 0.773. The second kappa shape index (κ2) is 14.1. The number of likely N-dealkylation sites (N-methyl/N-ethyl adjacent to an activating group) is 1. The van der Waals surface area contributed by atoms with Crippen LogP contribution in [0.15, 0.2) is 12.2 Å². The summed E-state index contributed by atoms with van der Waals surface area (Å²) in [7, 11) is 2.04. The molecule has 1 saturated heterocycles. The molecule has 3 N–H and O–H groups in total. The van der Waals surface area contributed by atoms with Crippen molar-refractivity contribution in [2.24, 2.45) is 5.92 Å². The van der Waals surface area contributed by atoms with E-state index in [9.17, 15) is 14.4 Å². The molecule has 7 heteroatoms. The number of carbonyl (C=O) groups excluding carboxylic acids is 3. The number of rotatable bonds is 15. The molecule has 0 radical (unpaired) electrons. The van der Waals surface area contributed by atoms with E-state index in [1.165, 1.54) is 0 Å². The van der Waals surface area contributed by atoms with Gasteiger partial charge in [-0.2, -0.15) is 0 Å². The molecule has 1 heterocycles. The van der Waals surface area contributed by atoms with Crippen molar-refractivity contribution in [3.05, 3.63) is 12.2 Å². The van der Waals surface area contributed by atoms with E-state index in [0.717, 1.165) is 51.6 Å². The Morgan fingerprint density at radius 2 is 1.90 bits per heavy atom. The minimum absolute atomic E-state index is 0.0520. The van der Waals surface area contributed by atoms with E-state index >= 15 is 0 Å². The largest absolute Gasteiger partial charge is 0.356 e. The smallest absolute Gasteiger partial charge is 0.315 e. The molecule has 0 saturated carbocycles. The molecule has 0 aromatic heterocycles. The zero-order valence-corrected chi connectivity index (χ0v) is 18.6. The molecule has 166 valence electrons. The quantitative estimate of drug-likeness (QED) is 0.287. The summed E-state index contributed by atoms with van der Waals surface area (Å²) in [5.74, 6) is 0.340. The number of hydrogen-bond donors (Lipinski definition) is 3. The van der Waals surface area contributed by atoms with Crippen LogP contribution in [0.4, 0.5) is 4.79 Å². The summed E-state index contributed by atoms with van der Waals surface area (Å²) in [5.41, 5.74) is 0. The Balaban J connectivity index is 1.94. The van der Waals surface area contributed by atoms with Crippen molar-refractivity contribution in [2.45, 2.75) is 77.8 Å². The van der Waals surface area contributed by atoms with Crippen molar-refractivity contribution in [1.82, 2.24) is 20.9 Å². The Morgan fingerprint density at radius 3 is 2.55 bits per heavy atom. The van der Waals surface area contributed by atoms with E-state index in [1.807, 2.05) is 33.9 Å². The van der Waals surface area contributed by atoms with E-state index in [-0.39, 0.29) is 35.7 Å². The van der Waals surface area contributed by atoms with Crippen molar-refractivity contribution in [1.29, 1.82) is 0 Å². The van der Waals surface area contributed by atoms with Gasteiger partial charge < -0.3 is 20.9 Å². The van der Waals surface area contributed by atoms with Crippen molar-refractivity contribution < 1.29 is 14.4 Å². The maximum atomic E-state index is 11.9. The lowest BCUT2D eigenvalue weighted by molar-refractivity contribution is -0.121. The third-order valence-electron chi connectivity index (χ3n) is 5.25. The first kappa shape index (κ1) is 25.1. The summed E-state index contributed by atoms with van der Waals surface area (Å²) in [6.45, 7) is 8.25. The van der Waals surface area contributed by atoms with Gasteiger partial charge >= 0.3 is 6.03 Å². The highest BCUT2D eigenvalue weighted by atomic mass is 16.2. The van der Waals surface area contributed by atoms with Crippen LogP contribution in [0, 0.1) is 5.92 Å². The summed E-state index contributed by atoms with van der Waals surface area (Å²) in [5, 5.41) is 8.76. The fourth-order valence-corrected chi connectivity index (χ4v) is 3.25. The van der Waals surface area contributed by atoms with Crippen molar-refractivity contribution in [3.8, 4) is 0 Å². The van der Waals surface area contributed by atoms with Crippen LogP contribution in [-0.2, 0) is 9.59 Å². The van der Waals surface area contributed by atoms with Gasteiger partial charge in [-0.3, -0.25) is 9.59 Å². The van der Waals surface area contributed by atoms with Crippen LogP contribution in [0.5, 0.6) is 0 Å². The maximum absolute atomic E-state index is 11.9. The number of nitrogens with one attached hydrogen (secondary N) is 3. The Bertz CT molecular complexity index is 548. The first-order valence-electron chi connectivity index (χ1n) is 11.0. The Morgan fingerprint density at radius 1 is 1.14 bits per heavy atom. The van der Waals surface area contributed by atoms with Crippen LogP contribution in [0.25, 0.3) is 0 Å². The number of allylic oxidation sites excluding steroid dienone is 1. The first-order valence-corrected chi connectivity index (χ1v) is 11.0. The lowest BCUT2D eigenvalue weighted by atomic mass is 10.0. The molecule has 2 atom stereocenters. The third-order valence-corrected chi connectivity index (χ3v) is 5.25. The van der Waals surface area contributed by atoms with E-state index in [0.29, 0.717) is 13.0 Å². The number of hydrogen-bond acceptors (Lipinski definition) is 4. The average molecular weight is 409 g/mol. The molecule has 0 bridgehead atoms. The van der Waals surface area contributed by atoms with Gasteiger partial charge in [-0.25, -0.2) is 4.79 Å². The molecule has 3 amide bonds. The SMILES string of the molecule is CC(C)C(=O)/C=C/CN(C)CCCCNC(=O)CCCCCC1NC(=O)NC1C. The predicted molar refractivity (Wildman–Crippen MR) is 117 cm³/mol. The molecule has 0 aromatic carbocycles. The van der Waals surface area contributed by atoms with Gasteiger partial charge in [-0.05, 0) is 52.3 Å². The monoisotopic (exact) mass is 408 g/mol. The molecule has 29 heavy (non-hydrogen) atoms. The van der Waals surface area contributed by atoms with Crippen LogP contribution in [0.3, 0.4) is 0 Å². The summed E-state index contributed by atoms with van der Waals surface area (Å²) < 4.78 is 0. The van der Waals surface area contributed by atoms with Crippen LogP contribution in [0.1, 0.15) is 65.7 Å². The van der Waals surface area contributed by atoms with Crippen LogP contribution in [0.2, 0.25) is 0 Å². The molecule has 0 aliphatic carbocycles. The van der Waals surface area contributed by atoms with Gasteiger partial charge in [0.25, 0.3) is 0 Å². The van der Waals surface area contributed by atoms with E-state index < -0.39 is 0 Å². The number of nitrogens with zero attached hydrogens (tertiary/aromatic N) is 1. The molecule has 1 aliphatic rings. The van der Waals surface area contributed by atoms with Crippen LogP contribution >= 0.6 is 0 Å². The lowest BCUT2D eigenvalue weighted by Crippen LogP contribution is -2.30. The number of unbranched alkanes of at least 4 members (excludes halogenated alkanes) is 3. The number of ketones is 1. The highest BCUT2D eigenvalue weighted by molar-refractivity contribution is 5.91. The Kier molecular flexibility index (Phi) is 12.3. The molecule has 1 fully saturated rings. The normalized spacial score (nSPS) is 19.0. The molecular weight excluding hydrogens is 368 g/mol. The Hall–Kier alpha value is -1.89. The number of amides is 3.